The van der Waals surface area contributed by atoms with Gasteiger partial charge in [0.05, 0.1) is 5.69 Å². The van der Waals surface area contributed by atoms with E-state index < -0.39 is 9.84 Å². The van der Waals surface area contributed by atoms with Crippen molar-refractivity contribution in [3.05, 3.63) is 256 Å². The number of aromatic nitrogens is 12. The molecule has 0 atom stereocenters. The molecule has 0 amide bonds. The van der Waals surface area contributed by atoms with Gasteiger partial charge in [-0.05, 0) is 294 Å². The summed E-state index contributed by atoms with van der Waals surface area (Å²) >= 11 is 7.25. The molecule has 0 bridgehead atoms. The largest absolute Gasteiger partial charge is 1.00 e. The number of aliphatic hydroxyl groups excluding tert-OH is 2. The van der Waals surface area contributed by atoms with E-state index in [-0.39, 0.29) is 47.0 Å². The summed E-state index contributed by atoms with van der Waals surface area (Å²) in [5.74, 6) is 9.44. The second-order valence-corrected chi connectivity index (χ2v) is 40.7. The molecule has 0 unspecified atom stereocenters. The number of hydrogen-bond donors (Lipinski definition) is 5. The van der Waals surface area contributed by atoms with Gasteiger partial charge in [-0.2, -0.15) is 10.2 Å². The molecule has 12 aromatic rings. The predicted octanol–water partition coefficient (Wildman–Crippen LogP) is 14.8. The van der Waals surface area contributed by atoms with E-state index in [0.717, 1.165) is 211 Å². The van der Waals surface area contributed by atoms with E-state index in [1.165, 1.54) is 84.1 Å². The SMILES string of the molecule is CCO.CO.CSc1nnc(-c2cc(C(C)C)c(C)cc2C)n1-c1ccc(CN2CCN(C)CC2)cc1.Cc1cc(C)c(C(C)C)cc1-c1n[nH]c(=O)n1-c1ccc(CN2CCN(C)CC2)cc1.Cc1cc(C)c(C(C)C)cc1-c1n[nH]c(=S)n1-c1ccc(CN2CCN(C)CC2)cc1.Cc1cc(C)c(C(C)C)cc1-c1nnc(S(C)(=O)=O)n1-c1ccc(CN2CCN(C)CC2)cc1.[NH-]O.[Na+]. The molecule has 16 rings (SSSR count). The van der Waals surface area contributed by atoms with Gasteiger partial charge in [0.25, 0.3) is 5.16 Å². The van der Waals surface area contributed by atoms with E-state index in [2.05, 4.69) is 349 Å². The molecule has 136 heavy (non-hydrogen) atoms. The zero-order valence-electron chi connectivity index (χ0n) is 85.4. The molecule has 4 saturated heterocycles. The van der Waals surface area contributed by atoms with Crippen LogP contribution in [0.2, 0.25) is 0 Å². The summed E-state index contributed by atoms with van der Waals surface area (Å²) < 4.78 is 33.4. The Kier molecular flexibility index (Phi) is 42.3. The number of nitrogens with one attached hydrogen (secondary N) is 3. The van der Waals surface area contributed by atoms with E-state index in [1.54, 1.807) is 27.8 Å². The molecular formula is C105H148N21NaO6S3. The van der Waals surface area contributed by atoms with Crippen LogP contribution in [0.5, 0.6) is 0 Å². The van der Waals surface area contributed by atoms with Gasteiger partial charge in [-0.1, -0.05) is 140 Å². The van der Waals surface area contributed by atoms with Crippen molar-refractivity contribution in [1.82, 2.24) is 98.3 Å². The van der Waals surface area contributed by atoms with Crippen molar-refractivity contribution >= 4 is 33.8 Å². The maximum Gasteiger partial charge on any atom is 1.00 e. The van der Waals surface area contributed by atoms with Gasteiger partial charge < -0.3 is 40.9 Å². The van der Waals surface area contributed by atoms with Gasteiger partial charge in [-0.3, -0.25) is 38.4 Å². The number of nitrogens with zero attached hydrogens (tertiary/aromatic N) is 18. The first-order valence-corrected chi connectivity index (χ1v) is 50.8. The Morgan fingerprint density at radius 3 is 0.919 bits per heavy atom. The summed E-state index contributed by atoms with van der Waals surface area (Å²) in [6, 6.07) is 51.8. The minimum Gasteiger partial charge on any atom is -0.553 e. The molecule has 27 nitrogen and oxygen atoms in total. The summed E-state index contributed by atoms with van der Waals surface area (Å²) in [6.45, 7) is 58.2. The summed E-state index contributed by atoms with van der Waals surface area (Å²) in [5.41, 5.74) is 27.9. The number of aryl methyl sites for hydroxylation is 8. The Bertz CT molecular complexity index is 5870. The Morgan fingerprint density at radius 2 is 0.632 bits per heavy atom. The van der Waals surface area contributed by atoms with Crippen LogP contribution in [0.1, 0.15) is 175 Å². The quantitative estimate of drug-likeness (QED) is 0.0182. The molecule has 31 heteroatoms. The minimum atomic E-state index is -3.58. The molecule has 4 aromatic heterocycles. The first kappa shape index (κ1) is 111. The molecule has 4 aliphatic heterocycles. The van der Waals surface area contributed by atoms with Gasteiger partial charge in [-0.15, -0.1) is 20.4 Å². The van der Waals surface area contributed by atoms with Crippen molar-refractivity contribution in [3.63, 3.8) is 0 Å². The van der Waals surface area contributed by atoms with Crippen LogP contribution in [-0.2, 0) is 36.0 Å². The summed E-state index contributed by atoms with van der Waals surface area (Å²) in [7, 11) is 6.14. The molecule has 8 heterocycles. The van der Waals surface area contributed by atoms with Crippen molar-refractivity contribution in [2.75, 3.05) is 159 Å². The van der Waals surface area contributed by atoms with Crippen LogP contribution >= 0.6 is 24.0 Å². The third-order valence-electron chi connectivity index (χ3n) is 25.8. The van der Waals surface area contributed by atoms with E-state index in [9.17, 15) is 13.2 Å². The second kappa shape index (κ2) is 51.9. The summed E-state index contributed by atoms with van der Waals surface area (Å²) in [6.07, 6.45) is 3.24. The van der Waals surface area contributed by atoms with Crippen molar-refractivity contribution in [3.8, 4) is 68.3 Å². The Balaban J connectivity index is 0.000000198. The van der Waals surface area contributed by atoms with Crippen LogP contribution in [0.25, 0.3) is 74.2 Å². The maximum absolute atomic E-state index is 12.7. The predicted molar refractivity (Wildman–Crippen MR) is 555 cm³/mol. The fraction of sp³-hybridized carbons (Fsp3) is 0.467. The topological polar surface area (TPSA) is 290 Å². The number of benzene rings is 8. The zero-order valence-corrected chi connectivity index (χ0v) is 89.8. The van der Waals surface area contributed by atoms with Crippen molar-refractivity contribution in [1.29, 1.82) is 0 Å². The second-order valence-electron chi connectivity index (χ2n) is 37.6. The number of thioether (sulfide) groups is 1. The van der Waals surface area contributed by atoms with Gasteiger partial charge >= 0.3 is 35.2 Å². The van der Waals surface area contributed by atoms with Crippen molar-refractivity contribution in [2.24, 2.45) is 0 Å². The summed E-state index contributed by atoms with van der Waals surface area (Å²) in [5, 5.41) is 54.0. The first-order chi connectivity index (χ1) is 64.5. The third-order valence-corrected chi connectivity index (χ3v) is 27.6. The fourth-order valence-corrected chi connectivity index (χ4v) is 19.6. The number of rotatable bonds is 22. The normalized spacial score (nSPS) is 15.0. The smallest absolute Gasteiger partial charge is 0.553 e. The van der Waals surface area contributed by atoms with E-state index in [4.69, 9.17) is 33.5 Å². The zero-order chi connectivity index (χ0) is 98.4. The van der Waals surface area contributed by atoms with Gasteiger partial charge in [-0.25, -0.2) is 22.9 Å². The standard InChI is InChI=1S/C26H35N5O2S.C26H35N5S.C25H33N5O.C25H33N5S.C2H6O.CH4O.H2NO.Na/c1-18(2)23-16-24(20(4)15-19(23)3)25-27-28-26(34(6,32)33)31(25)22-9-7-21(8-10-22)17-30-13-11-29(5)12-14-30;1-18(2)23-16-24(20(4)15-19(23)3)25-27-28-26(32-6)31(25)22-9-7-21(8-10-22)17-30-13-11-29(5)12-14-30;2*1-17(2)22-15-23(19(4)14-18(22)3)24-26-27-25(31)30(24)21-8-6-20(7-9-21)16-29-12-10-28(5)11-13-29;1-2-3;2*1-2;/h7-10,15-16,18H,11-14,17H2,1-6H3;7-10,15-16,18H,11-14,17H2,1-6H3;2*6-9,14-15,17H,10-13,16H2,1-5H3,(H,27,31);3H,2H2,1H3;2H,1H3;1-2H;/q;;;;;;-1;+1. The molecule has 0 radical (unpaired) electrons. The number of aromatic amines is 2. The molecule has 8 aromatic carbocycles. The molecule has 6 N–H and O–H groups in total. The van der Waals surface area contributed by atoms with E-state index in [0.29, 0.717) is 40.1 Å². The molecule has 4 fully saturated rings. The number of H-pyrrole nitrogens is 2. The number of sulfone groups is 1. The molecule has 0 saturated carbocycles. The molecule has 0 aliphatic carbocycles. The number of likely N-dealkylation sites (N-methyl/N-ethyl adjacent to an activating group) is 4. The summed E-state index contributed by atoms with van der Waals surface area (Å²) in [4.78, 5) is 32.2. The number of aliphatic hydroxyl groups is 2. The van der Waals surface area contributed by atoms with Gasteiger partial charge in [0.2, 0.25) is 9.84 Å². The van der Waals surface area contributed by atoms with Crippen LogP contribution in [0.3, 0.4) is 0 Å². The van der Waals surface area contributed by atoms with E-state index in [1.807, 2.05) is 31.2 Å². The Labute approximate surface area is 840 Å². The molecule has 4 aliphatic rings. The maximum atomic E-state index is 12.7. The van der Waals surface area contributed by atoms with Crippen LogP contribution in [0, 0.1) is 60.2 Å². The van der Waals surface area contributed by atoms with E-state index >= 15 is 0 Å². The van der Waals surface area contributed by atoms with Crippen LogP contribution < -0.4 is 35.2 Å². The average molecular weight is 1920 g/mol. The minimum absolute atomic E-state index is 0. The van der Waals surface area contributed by atoms with Gasteiger partial charge in [0, 0.05) is 190 Å². The Hall–Kier alpha value is -8.84. The number of hydrogen-bond acceptors (Lipinski definition) is 22. The molecule has 728 valence electrons. The third kappa shape index (κ3) is 28.7. The first-order valence-electron chi connectivity index (χ1n) is 47.2. The monoisotopic (exact) mass is 1920 g/mol. The van der Waals surface area contributed by atoms with Gasteiger partial charge in [0.1, 0.15) is 0 Å². The fourth-order valence-electron chi connectivity index (χ4n) is 18.1. The van der Waals surface area contributed by atoms with Crippen molar-refractivity contribution in [2.45, 2.75) is 178 Å². The van der Waals surface area contributed by atoms with Crippen LogP contribution in [0.4, 0.5) is 0 Å². The molecule has 0 spiro atoms. The van der Waals surface area contributed by atoms with Crippen LogP contribution in [0.15, 0.2) is 161 Å². The molecular weight excluding hydrogens is 1770 g/mol. The number of piperazine rings is 4. The Morgan fingerprint density at radius 1 is 0.382 bits per heavy atom. The van der Waals surface area contributed by atoms with Gasteiger partial charge in [0.15, 0.2) is 33.2 Å². The van der Waals surface area contributed by atoms with Crippen LogP contribution in [-0.4, -0.2) is 281 Å². The van der Waals surface area contributed by atoms with Crippen molar-refractivity contribution < 1.29 is 53.4 Å². The average Bonchev–Trinajstić information content (AvgIpc) is 1.61.